The van der Waals surface area contributed by atoms with Crippen LogP contribution in [-0.4, -0.2) is 0 Å². The normalized spacial score (nSPS) is 11.6. The van der Waals surface area contributed by atoms with Crippen LogP contribution in [0.15, 0.2) is 36.4 Å². The molecule has 0 saturated carbocycles. The quantitative estimate of drug-likeness (QED) is 0.610. The van der Waals surface area contributed by atoms with Gasteiger partial charge in [-0.05, 0) is 23.8 Å². The fourth-order valence-electron chi connectivity index (χ4n) is 1.70. The molecule has 0 amide bonds. The van der Waals surface area contributed by atoms with Gasteiger partial charge in [-0.15, -0.1) is 0 Å². The highest BCUT2D eigenvalue weighted by Gasteiger charge is 2.34. The third-order valence-corrected chi connectivity index (χ3v) is 2.64. The average molecular weight is 273 g/mol. The van der Waals surface area contributed by atoms with Gasteiger partial charge >= 0.3 is 6.18 Å². The van der Waals surface area contributed by atoms with E-state index in [0.29, 0.717) is 12.1 Å². The van der Waals surface area contributed by atoms with E-state index in [1.165, 1.54) is 12.1 Å². The lowest BCUT2D eigenvalue weighted by Crippen LogP contribution is -2.08. The first-order chi connectivity index (χ1) is 8.80. The van der Waals surface area contributed by atoms with Crippen molar-refractivity contribution in [3.05, 3.63) is 53.6 Å². The first-order valence-electron chi connectivity index (χ1n) is 5.22. The molecule has 0 bridgehead atoms. The summed E-state index contributed by atoms with van der Waals surface area (Å²) >= 11 is 0. The van der Waals surface area contributed by atoms with E-state index >= 15 is 0 Å². The first-order valence-corrected chi connectivity index (χ1v) is 5.22. The molecule has 0 radical (unpaired) electrons. The van der Waals surface area contributed by atoms with Crippen molar-refractivity contribution >= 4 is 5.69 Å². The van der Waals surface area contributed by atoms with Crippen molar-refractivity contribution in [1.82, 2.24) is 0 Å². The molecular formula is C13H8F5N. The lowest BCUT2D eigenvalue weighted by atomic mass is 10.0. The van der Waals surface area contributed by atoms with Crippen LogP contribution in [0.3, 0.4) is 0 Å². The third-order valence-electron chi connectivity index (χ3n) is 2.64. The maximum Gasteiger partial charge on any atom is 0.419 e. The summed E-state index contributed by atoms with van der Waals surface area (Å²) in [7, 11) is 0. The zero-order valence-corrected chi connectivity index (χ0v) is 9.43. The van der Waals surface area contributed by atoms with Crippen LogP contribution in [0.1, 0.15) is 5.56 Å². The van der Waals surface area contributed by atoms with Gasteiger partial charge in [-0.25, -0.2) is 8.78 Å². The summed E-state index contributed by atoms with van der Waals surface area (Å²) in [5, 5.41) is 0. The van der Waals surface area contributed by atoms with Crippen molar-refractivity contribution in [3.63, 3.8) is 0 Å². The van der Waals surface area contributed by atoms with Gasteiger partial charge in [0, 0.05) is 5.56 Å². The van der Waals surface area contributed by atoms with Gasteiger partial charge < -0.3 is 5.73 Å². The molecule has 0 unspecified atom stereocenters. The maximum atomic E-state index is 13.3. The van der Waals surface area contributed by atoms with Gasteiger partial charge in [0.1, 0.15) is 11.6 Å². The highest BCUT2D eigenvalue weighted by atomic mass is 19.4. The number of nitrogens with two attached hydrogens (primary N) is 1. The Hall–Kier alpha value is -2.11. The highest BCUT2D eigenvalue weighted by molar-refractivity contribution is 5.77. The number of para-hydroxylation sites is 1. The van der Waals surface area contributed by atoms with Crippen molar-refractivity contribution in [2.45, 2.75) is 6.18 Å². The van der Waals surface area contributed by atoms with E-state index in [0.717, 1.165) is 12.1 Å². The molecule has 0 saturated heterocycles. The van der Waals surface area contributed by atoms with E-state index < -0.39 is 23.4 Å². The van der Waals surface area contributed by atoms with Crippen molar-refractivity contribution < 1.29 is 22.0 Å². The monoisotopic (exact) mass is 273 g/mol. The molecule has 0 aromatic heterocycles. The summed E-state index contributed by atoms with van der Waals surface area (Å²) in [6.07, 6.45) is -4.82. The number of nitrogen functional groups attached to an aromatic ring is 1. The summed E-state index contributed by atoms with van der Waals surface area (Å²) < 4.78 is 64.1. The van der Waals surface area contributed by atoms with Gasteiger partial charge in [0.2, 0.25) is 0 Å². The first kappa shape index (κ1) is 13.3. The van der Waals surface area contributed by atoms with Crippen molar-refractivity contribution in [2.24, 2.45) is 0 Å². The number of halogens is 5. The maximum absolute atomic E-state index is 13.3. The summed E-state index contributed by atoms with van der Waals surface area (Å²) in [6, 6.07) is 6.19. The Balaban J connectivity index is 2.62. The molecule has 2 rings (SSSR count). The van der Waals surface area contributed by atoms with Crippen LogP contribution >= 0.6 is 0 Å². The Labute approximate surface area is 105 Å². The Bertz CT molecular complexity index is 619. The Morgan fingerprint density at radius 3 is 2.21 bits per heavy atom. The second-order valence-electron chi connectivity index (χ2n) is 3.89. The molecular weight excluding hydrogens is 265 g/mol. The summed E-state index contributed by atoms with van der Waals surface area (Å²) in [5.74, 6) is -2.12. The van der Waals surface area contributed by atoms with Crippen molar-refractivity contribution in [2.75, 3.05) is 5.73 Å². The summed E-state index contributed by atoms with van der Waals surface area (Å²) in [6.45, 7) is 0. The smallest absolute Gasteiger partial charge is 0.396 e. The average Bonchev–Trinajstić information content (AvgIpc) is 2.32. The van der Waals surface area contributed by atoms with Gasteiger partial charge in [-0.2, -0.15) is 13.2 Å². The molecule has 2 aromatic rings. The van der Waals surface area contributed by atoms with Crippen LogP contribution in [-0.2, 0) is 6.18 Å². The molecule has 0 aliphatic carbocycles. The second kappa shape index (κ2) is 4.53. The standard InChI is InChI=1S/C13H8F5N/c14-10-5-4-7(6-9(10)13(16,17)18)8-2-1-3-11(15)12(8)19/h1-6H,19H2. The predicted octanol–water partition coefficient (Wildman–Crippen LogP) is 4.23. The third kappa shape index (κ3) is 2.52. The fraction of sp³-hybridized carbons (Fsp3) is 0.0769. The number of alkyl halides is 3. The zero-order valence-electron chi connectivity index (χ0n) is 9.43. The SMILES string of the molecule is Nc1c(F)cccc1-c1ccc(F)c(C(F)(F)F)c1. The summed E-state index contributed by atoms with van der Waals surface area (Å²) in [4.78, 5) is 0. The number of rotatable bonds is 1. The molecule has 0 aliphatic rings. The minimum Gasteiger partial charge on any atom is -0.396 e. The number of hydrogen-bond acceptors (Lipinski definition) is 1. The molecule has 0 heterocycles. The Morgan fingerprint density at radius 2 is 1.58 bits per heavy atom. The highest BCUT2D eigenvalue weighted by Crippen LogP contribution is 2.36. The van der Waals surface area contributed by atoms with E-state index in [1.54, 1.807) is 0 Å². The molecule has 2 N–H and O–H groups in total. The van der Waals surface area contributed by atoms with Gasteiger partial charge in [0.15, 0.2) is 0 Å². The number of hydrogen-bond donors (Lipinski definition) is 1. The van der Waals surface area contributed by atoms with Gasteiger partial charge in [-0.1, -0.05) is 18.2 Å². The Morgan fingerprint density at radius 1 is 0.895 bits per heavy atom. The lowest BCUT2D eigenvalue weighted by Gasteiger charge is -2.11. The molecule has 19 heavy (non-hydrogen) atoms. The fourth-order valence-corrected chi connectivity index (χ4v) is 1.70. The van der Waals surface area contributed by atoms with Crippen LogP contribution in [0.4, 0.5) is 27.6 Å². The number of anilines is 1. The van der Waals surface area contributed by atoms with E-state index in [4.69, 9.17) is 5.73 Å². The predicted molar refractivity (Wildman–Crippen MR) is 61.2 cm³/mol. The van der Waals surface area contributed by atoms with Gasteiger partial charge in [0.05, 0.1) is 11.3 Å². The van der Waals surface area contributed by atoms with E-state index in [-0.39, 0.29) is 16.8 Å². The largest absolute Gasteiger partial charge is 0.419 e. The zero-order chi connectivity index (χ0) is 14.2. The minimum atomic E-state index is -4.82. The van der Waals surface area contributed by atoms with Crippen LogP contribution < -0.4 is 5.73 Å². The Kier molecular flexibility index (Phi) is 3.18. The van der Waals surface area contributed by atoms with Gasteiger partial charge in [-0.3, -0.25) is 0 Å². The molecule has 0 aliphatic heterocycles. The van der Waals surface area contributed by atoms with Crippen molar-refractivity contribution in [3.8, 4) is 11.1 Å². The molecule has 6 heteroatoms. The van der Waals surface area contributed by atoms with Crippen molar-refractivity contribution in [1.29, 1.82) is 0 Å². The molecule has 0 atom stereocenters. The second-order valence-corrected chi connectivity index (χ2v) is 3.89. The molecule has 100 valence electrons. The molecule has 0 fully saturated rings. The number of benzene rings is 2. The summed E-state index contributed by atoms with van der Waals surface area (Å²) in [5.41, 5.74) is 3.87. The van der Waals surface area contributed by atoms with Gasteiger partial charge in [0.25, 0.3) is 0 Å². The van der Waals surface area contributed by atoms with Crippen LogP contribution in [0.5, 0.6) is 0 Å². The van der Waals surface area contributed by atoms with E-state index in [1.807, 2.05) is 0 Å². The van der Waals surface area contributed by atoms with Crippen LogP contribution in [0.2, 0.25) is 0 Å². The molecule has 2 aromatic carbocycles. The molecule has 1 nitrogen and oxygen atoms in total. The van der Waals surface area contributed by atoms with Crippen LogP contribution in [0.25, 0.3) is 11.1 Å². The van der Waals surface area contributed by atoms with Crippen LogP contribution in [0, 0.1) is 11.6 Å². The lowest BCUT2D eigenvalue weighted by molar-refractivity contribution is -0.139. The minimum absolute atomic E-state index is 0.00530. The molecule has 0 spiro atoms. The topological polar surface area (TPSA) is 26.0 Å². The van der Waals surface area contributed by atoms with E-state index in [9.17, 15) is 22.0 Å². The van der Waals surface area contributed by atoms with E-state index in [2.05, 4.69) is 0 Å².